The minimum absolute atomic E-state index is 0.0126. The first-order valence-electron chi connectivity index (χ1n) is 5.07. The van der Waals surface area contributed by atoms with E-state index in [-0.39, 0.29) is 17.0 Å². The van der Waals surface area contributed by atoms with Crippen molar-refractivity contribution in [1.29, 1.82) is 0 Å². The molecule has 1 fully saturated rings. The van der Waals surface area contributed by atoms with E-state index < -0.39 is 4.92 Å². The highest BCUT2D eigenvalue weighted by Crippen LogP contribution is 2.45. The number of rotatable bonds is 3. The molecule has 1 N–H and O–H groups in total. The number of nitro groups is 1. The van der Waals surface area contributed by atoms with Gasteiger partial charge < -0.3 is 5.32 Å². The molecule has 1 aromatic rings. The number of nitro benzene ring substituents is 1. The molecular weight excluding hydrogens is 208 g/mol. The maximum atomic E-state index is 11.7. The molecule has 1 amide bonds. The fourth-order valence-corrected chi connectivity index (χ4v) is 1.36. The van der Waals surface area contributed by atoms with Crippen molar-refractivity contribution in [2.75, 3.05) is 5.32 Å². The predicted octanol–water partition coefficient (Wildman–Crippen LogP) is 2.33. The van der Waals surface area contributed by atoms with Crippen molar-refractivity contribution in [3.63, 3.8) is 0 Å². The first kappa shape index (κ1) is 10.6. The monoisotopic (exact) mass is 220 g/mol. The van der Waals surface area contributed by atoms with Crippen LogP contribution >= 0.6 is 0 Å². The molecule has 1 aromatic carbocycles. The van der Waals surface area contributed by atoms with Crippen LogP contribution in [0.4, 0.5) is 11.4 Å². The van der Waals surface area contributed by atoms with Gasteiger partial charge in [0.05, 0.1) is 4.92 Å². The standard InChI is InChI=1S/C11H12N2O3/c1-11(6-7-11)10(14)12-8-2-4-9(5-3-8)13(15)16/h2-5H,6-7H2,1H3,(H,12,14). The van der Waals surface area contributed by atoms with Gasteiger partial charge in [-0.15, -0.1) is 0 Å². The zero-order valence-corrected chi connectivity index (χ0v) is 8.90. The van der Waals surface area contributed by atoms with Crippen LogP contribution in [0.25, 0.3) is 0 Å². The van der Waals surface area contributed by atoms with E-state index in [1.807, 2.05) is 6.92 Å². The summed E-state index contributed by atoms with van der Waals surface area (Å²) in [5, 5.41) is 13.2. The van der Waals surface area contributed by atoms with Crippen LogP contribution in [0.2, 0.25) is 0 Å². The second-order valence-corrected chi connectivity index (χ2v) is 4.32. The predicted molar refractivity (Wildman–Crippen MR) is 59.1 cm³/mol. The van der Waals surface area contributed by atoms with E-state index in [0.717, 1.165) is 12.8 Å². The average Bonchev–Trinajstić information content (AvgIpc) is 2.99. The van der Waals surface area contributed by atoms with Crippen LogP contribution in [0.1, 0.15) is 19.8 Å². The highest BCUT2D eigenvalue weighted by molar-refractivity contribution is 5.96. The summed E-state index contributed by atoms with van der Waals surface area (Å²) in [6.07, 6.45) is 1.82. The maximum Gasteiger partial charge on any atom is 0.269 e. The second-order valence-electron chi connectivity index (χ2n) is 4.32. The van der Waals surface area contributed by atoms with Crippen molar-refractivity contribution < 1.29 is 9.72 Å². The van der Waals surface area contributed by atoms with Crippen LogP contribution in [-0.4, -0.2) is 10.8 Å². The zero-order chi connectivity index (χ0) is 11.8. The third-order valence-corrected chi connectivity index (χ3v) is 2.88. The van der Waals surface area contributed by atoms with E-state index in [4.69, 9.17) is 0 Å². The molecule has 1 saturated carbocycles. The molecular formula is C11H12N2O3. The van der Waals surface area contributed by atoms with Crippen molar-refractivity contribution in [3.05, 3.63) is 34.4 Å². The van der Waals surface area contributed by atoms with Gasteiger partial charge in [0.2, 0.25) is 5.91 Å². The number of non-ortho nitro benzene ring substituents is 1. The van der Waals surface area contributed by atoms with Crippen LogP contribution in [0.5, 0.6) is 0 Å². The summed E-state index contributed by atoms with van der Waals surface area (Å²) < 4.78 is 0. The van der Waals surface area contributed by atoms with Crippen LogP contribution in [0.3, 0.4) is 0 Å². The summed E-state index contributed by atoms with van der Waals surface area (Å²) in [6, 6.07) is 5.85. The number of carbonyl (C=O) groups excluding carboxylic acids is 1. The van der Waals surface area contributed by atoms with E-state index >= 15 is 0 Å². The van der Waals surface area contributed by atoms with Crippen LogP contribution in [0, 0.1) is 15.5 Å². The SMILES string of the molecule is CC1(C(=O)Nc2ccc([N+](=O)[O-])cc2)CC1. The van der Waals surface area contributed by atoms with Crippen molar-refractivity contribution in [2.45, 2.75) is 19.8 Å². The lowest BCUT2D eigenvalue weighted by Gasteiger charge is -2.09. The number of nitrogens with zero attached hydrogens (tertiary/aromatic N) is 1. The molecule has 2 rings (SSSR count). The van der Waals surface area contributed by atoms with E-state index in [1.54, 1.807) is 12.1 Å². The molecule has 0 spiro atoms. The number of amides is 1. The van der Waals surface area contributed by atoms with Gasteiger partial charge in [-0.3, -0.25) is 14.9 Å². The van der Waals surface area contributed by atoms with Crippen LogP contribution in [-0.2, 0) is 4.79 Å². The van der Waals surface area contributed by atoms with Crippen molar-refractivity contribution >= 4 is 17.3 Å². The normalized spacial score (nSPS) is 16.6. The summed E-state index contributed by atoms with van der Waals surface area (Å²) >= 11 is 0. The van der Waals surface area contributed by atoms with Gasteiger partial charge in [0.1, 0.15) is 0 Å². The van der Waals surface area contributed by atoms with Gasteiger partial charge in [-0.2, -0.15) is 0 Å². The van der Waals surface area contributed by atoms with Crippen LogP contribution in [0.15, 0.2) is 24.3 Å². The van der Waals surface area contributed by atoms with Gasteiger partial charge in [-0.1, -0.05) is 6.92 Å². The topological polar surface area (TPSA) is 72.2 Å². The van der Waals surface area contributed by atoms with Gasteiger partial charge >= 0.3 is 0 Å². The second kappa shape index (κ2) is 3.59. The van der Waals surface area contributed by atoms with Gasteiger partial charge in [0.15, 0.2) is 0 Å². The number of benzene rings is 1. The molecule has 0 radical (unpaired) electrons. The lowest BCUT2D eigenvalue weighted by molar-refractivity contribution is -0.384. The lowest BCUT2D eigenvalue weighted by atomic mass is 10.1. The Morgan fingerprint density at radius 3 is 2.38 bits per heavy atom. The number of anilines is 1. The number of hydrogen-bond acceptors (Lipinski definition) is 3. The molecule has 16 heavy (non-hydrogen) atoms. The lowest BCUT2D eigenvalue weighted by Crippen LogP contribution is -2.21. The largest absolute Gasteiger partial charge is 0.326 e. The molecule has 0 heterocycles. The van der Waals surface area contributed by atoms with E-state index in [2.05, 4.69) is 5.32 Å². The Balaban J connectivity index is 2.05. The Hall–Kier alpha value is -1.91. The summed E-state index contributed by atoms with van der Waals surface area (Å²) in [5.74, 6) is -0.0126. The average molecular weight is 220 g/mol. The Morgan fingerprint density at radius 1 is 1.38 bits per heavy atom. The fraction of sp³-hybridized carbons (Fsp3) is 0.364. The number of nitrogens with one attached hydrogen (secondary N) is 1. The molecule has 1 aliphatic carbocycles. The quantitative estimate of drug-likeness (QED) is 0.627. The van der Waals surface area contributed by atoms with E-state index in [0.29, 0.717) is 5.69 Å². The number of hydrogen-bond donors (Lipinski definition) is 1. The molecule has 0 unspecified atom stereocenters. The van der Waals surface area contributed by atoms with Crippen LogP contribution < -0.4 is 5.32 Å². The third-order valence-electron chi connectivity index (χ3n) is 2.88. The smallest absolute Gasteiger partial charge is 0.269 e. The summed E-state index contributed by atoms with van der Waals surface area (Å²) in [7, 11) is 0. The molecule has 0 atom stereocenters. The summed E-state index contributed by atoms with van der Waals surface area (Å²) in [5.41, 5.74) is 0.390. The Kier molecular flexibility index (Phi) is 2.38. The molecule has 84 valence electrons. The first-order chi connectivity index (χ1) is 7.51. The Labute approximate surface area is 92.6 Å². The summed E-state index contributed by atoms with van der Waals surface area (Å²) in [6.45, 7) is 1.91. The fourth-order valence-electron chi connectivity index (χ4n) is 1.36. The maximum absolute atomic E-state index is 11.7. The first-order valence-corrected chi connectivity index (χ1v) is 5.07. The third kappa shape index (κ3) is 2.03. The highest BCUT2D eigenvalue weighted by Gasteiger charge is 2.44. The molecule has 5 nitrogen and oxygen atoms in total. The molecule has 0 aromatic heterocycles. The van der Waals surface area contributed by atoms with E-state index in [1.165, 1.54) is 12.1 Å². The molecule has 0 saturated heterocycles. The minimum Gasteiger partial charge on any atom is -0.326 e. The minimum atomic E-state index is -0.464. The highest BCUT2D eigenvalue weighted by atomic mass is 16.6. The van der Waals surface area contributed by atoms with Crippen molar-refractivity contribution in [2.24, 2.45) is 5.41 Å². The zero-order valence-electron chi connectivity index (χ0n) is 8.90. The molecule has 0 aliphatic heterocycles. The molecule has 5 heteroatoms. The van der Waals surface area contributed by atoms with E-state index in [9.17, 15) is 14.9 Å². The Morgan fingerprint density at radius 2 is 1.94 bits per heavy atom. The van der Waals surface area contributed by atoms with Gasteiger partial charge in [0.25, 0.3) is 5.69 Å². The summed E-state index contributed by atoms with van der Waals surface area (Å²) in [4.78, 5) is 21.6. The van der Waals surface area contributed by atoms with Gasteiger partial charge in [-0.05, 0) is 25.0 Å². The number of carbonyl (C=O) groups is 1. The Bertz CT molecular complexity index is 435. The molecule has 1 aliphatic rings. The van der Waals surface area contributed by atoms with Crippen molar-refractivity contribution in [1.82, 2.24) is 0 Å². The van der Waals surface area contributed by atoms with Gasteiger partial charge in [-0.25, -0.2) is 0 Å². The van der Waals surface area contributed by atoms with Gasteiger partial charge in [0, 0.05) is 23.2 Å². The molecule has 0 bridgehead atoms. The van der Waals surface area contributed by atoms with Crippen molar-refractivity contribution in [3.8, 4) is 0 Å².